The lowest BCUT2D eigenvalue weighted by molar-refractivity contribution is 0.949. The topological polar surface area (TPSA) is 42.1 Å². The van der Waals surface area contributed by atoms with Crippen molar-refractivity contribution in [2.75, 3.05) is 23.7 Å². The van der Waals surface area contributed by atoms with Crippen LogP contribution < -0.4 is 10.6 Å². The van der Waals surface area contributed by atoms with Crippen LogP contribution in [0.25, 0.3) is 22.0 Å². The van der Waals surface area contributed by atoms with E-state index in [0.717, 1.165) is 35.1 Å². The van der Waals surface area contributed by atoms with Crippen molar-refractivity contribution in [3.8, 4) is 11.1 Å². The summed E-state index contributed by atoms with van der Waals surface area (Å²) in [7, 11) is 0. The molecular weight excluding hydrogens is 341 g/mol. The number of aromatic nitrogens is 1. The number of anilines is 2. The number of fused-ring (bicyclic) bond motifs is 1. The molecule has 24 heavy (non-hydrogen) atoms. The monoisotopic (exact) mass is 357 g/mol. The fraction of sp³-hybridized carbons (Fsp3) is 0.211. The normalized spacial score (nSPS) is 14.5. The molecule has 0 unspecified atom stereocenters. The van der Waals surface area contributed by atoms with E-state index in [9.17, 15) is 0 Å². The Morgan fingerprint density at radius 2 is 1.62 bits per heavy atom. The van der Waals surface area contributed by atoms with E-state index in [1.54, 1.807) is 6.07 Å². The predicted octanol–water partition coefficient (Wildman–Crippen LogP) is 5.39. The third-order valence-corrected chi connectivity index (χ3v) is 4.91. The number of pyridine rings is 1. The van der Waals surface area contributed by atoms with Crippen LogP contribution in [0.1, 0.15) is 12.8 Å². The Labute approximate surface area is 151 Å². The van der Waals surface area contributed by atoms with Gasteiger partial charge in [-0.25, -0.2) is 4.98 Å². The van der Waals surface area contributed by atoms with Crippen molar-refractivity contribution >= 4 is 45.6 Å². The molecule has 122 valence electrons. The lowest BCUT2D eigenvalue weighted by Gasteiger charge is -2.18. The summed E-state index contributed by atoms with van der Waals surface area (Å²) < 4.78 is 0. The van der Waals surface area contributed by atoms with Crippen molar-refractivity contribution in [1.29, 1.82) is 0 Å². The quantitative estimate of drug-likeness (QED) is 0.668. The van der Waals surface area contributed by atoms with Gasteiger partial charge in [-0.3, -0.25) is 0 Å². The molecule has 1 saturated heterocycles. The van der Waals surface area contributed by atoms with Crippen molar-refractivity contribution in [3.63, 3.8) is 0 Å². The number of halogens is 2. The average Bonchev–Trinajstić information content (AvgIpc) is 3.07. The minimum Gasteiger partial charge on any atom is -0.383 e. The first-order valence-corrected chi connectivity index (χ1v) is 8.77. The maximum Gasteiger partial charge on any atom is 0.132 e. The molecule has 0 atom stereocenters. The van der Waals surface area contributed by atoms with E-state index >= 15 is 0 Å². The molecule has 1 fully saturated rings. The first kappa shape index (κ1) is 15.6. The van der Waals surface area contributed by atoms with Gasteiger partial charge >= 0.3 is 0 Å². The number of nitrogen functional groups attached to an aromatic ring is 1. The number of benzene rings is 2. The lowest BCUT2D eigenvalue weighted by Crippen LogP contribution is -2.17. The summed E-state index contributed by atoms with van der Waals surface area (Å²) in [5, 5.41) is 2.22. The molecule has 0 amide bonds. The molecule has 1 aromatic heterocycles. The maximum atomic E-state index is 6.21. The van der Waals surface area contributed by atoms with Gasteiger partial charge in [-0.15, -0.1) is 0 Å². The molecule has 3 aromatic rings. The van der Waals surface area contributed by atoms with E-state index < -0.39 is 0 Å². The van der Waals surface area contributed by atoms with Crippen LogP contribution in [-0.2, 0) is 0 Å². The standard InChI is InChI=1S/C19H17Cl2N3/c20-14-7-13(8-15(21)10-14)17-9-12-3-4-16(24-5-1-2-6-24)11-18(12)23-19(17)22/h3-4,7-11H,1-2,5-6H2,(H2,22,23). The SMILES string of the molecule is Nc1nc2cc(N3CCCC3)ccc2cc1-c1cc(Cl)cc(Cl)c1. The molecule has 2 aromatic carbocycles. The van der Waals surface area contributed by atoms with E-state index in [2.05, 4.69) is 28.1 Å². The summed E-state index contributed by atoms with van der Waals surface area (Å²) in [5.74, 6) is 0.486. The summed E-state index contributed by atoms with van der Waals surface area (Å²) in [4.78, 5) is 7.00. The van der Waals surface area contributed by atoms with Crippen molar-refractivity contribution < 1.29 is 0 Å². The minimum absolute atomic E-state index is 0.486. The van der Waals surface area contributed by atoms with Crippen LogP contribution in [0.15, 0.2) is 42.5 Å². The van der Waals surface area contributed by atoms with Gasteiger partial charge in [0.25, 0.3) is 0 Å². The van der Waals surface area contributed by atoms with Crippen molar-refractivity contribution in [1.82, 2.24) is 4.98 Å². The van der Waals surface area contributed by atoms with Gasteiger partial charge in [0.15, 0.2) is 0 Å². The van der Waals surface area contributed by atoms with E-state index in [-0.39, 0.29) is 0 Å². The molecule has 1 aliphatic rings. The zero-order chi connectivity index (χ0) is 16.7. The summed E-state index contributed by atoms with van der Waals surface area (Å²) in [6.45, 7) is 2.22. The third kappa shape index (κ3) is 2.90. The number of hydrogen-bond acceptors (Lipinski definition) is 3. The van der Waals surface area contributed by atoms with E-state index in [1.807, 2.05) is 18.2 Å². The highest BCUT2D eigenvalue weighted by atomic mass is 35.5. The Morgan fingerprint density at radius 1 is 0.917 bits per heavy atom. The minimum atomic E-state index is 0.486. The largest absolute Gasteiger partial charge is 0.383 e. The summed E-state index contributed by atoms with van der Waals surface area (Å²) in [5.41, 5.74) is 10.1. The van der Waals surface area contributed by atoms with Gasteiger partial charge in [0.2, 0.25) is 0 Å². The van der Waals surface area contributed by atoms with Crippen LogP contribution in [0.5, 0.6) is 0 Å². The summed E-state index contributed by atoms with van der Waals surface area (Å²) in [6.07, 6.45) is 2.50. The fourth-order valence-electron chi connectivity index (χ4n) is 3.28. The van der Waals surface area contributed by atoms with Crippen LogP contribution in [0.4, 0.5) is 11.5 Å². The van der Waals surface area contributed by atoms with Crippen LogP contribution >= 0.6 is 23.2 Å². The average molecular weight is 358 g/mol. The van der Waals surface area contributed by atoms with Crippen molar-refractivity contribution in [2.24, 2.45) is 0 Å². The van der Waals surface area contributed by atoms with E-state index in [1.165, 1.54) is 18.5 Å². The molecule has 0 saturated carbocycles. The Bertz CT molecular complexity index is 898. The summed E-state index contributed by atoms with van der Waals surface area (Å²) >= 11 is 12.2. The van der Waals surface area contributed by atoms with Crippen LogP contribution in [0.3, 0.4) is 0 Å². The van der Waals surface area contributed by atoms with E-state index in [0.29, 0.717) is 15.9 Å². The second kappa shape index (κ2) is 6.15. The molecule has 5 heteroatoms. The second-order valence-electron chi connectivity index (χ2n) is 6.15. The molecule has 0 bridgehead atoms. The highest BCUT2D eigenvalue weighted by molar-refractivity contribution is 6.35. The van der Waals surface area contributed by atoms with Gasteiger partial charge < -0.3 is 10.6 Å². The van der Waals surface area contributed by atoms with Gasteiger partial charge in [-0.05, 0) is 54.8 Å². The number of rotatable bonds is 2. The fourth-order valence-corrected chi connectivity index (χ4v) is 3.81. The summed E-state index contributed by atoms with van der Waals surface area (Å²) in [6, 6.07) is 13.8. The maximum absolute atomic E-state index is 6.21. The number of nitrogens with zero attached hydrogens (tertiary/aromatic N) is 2. The molecule has 3 nitrogen and oxygen atoms in total. The molecule has 0 radical (unpaired) electrons. The van der Waals surface area contributed by atoms with E-state index in [4.69, 9.17) is 28.9 Å². The van der Waals surface area contributed by atoms with Gasteiger partial charge in [0.05, 0.1) is 5.52 Å². The second-order valence-corrected chi connectivity index (χ2v) is 7.02. The molecule has 0 aliphatic carbocycles. The van der Waals surface area contributed by atoms with Gasteiger partial charge in [-0.2, -0.15) is 0 Å². The van der Waals surface area contributed by atoms with Gasteiger partial charge in [0.1, 0.15) is 5.82 Å². The highest BCUT2D eigenvalue weighted by Crippen LogP contribution is 2.33. The first-order valence-electron chi connectivity index (χ1n) is 8.02. The zero-order valence-corrected chi connectivity index (χ0v) is 14.6. The zero-order valence-electron chi connectivity index (χ0n) is 13.1. The molecule has 1 aliphatic heterocycles. The van der Waals surface area contributed by atoms with Crippen molar-refractivity contribution in [2.45, 2.75) is 12.8 Å². The Morgan fingerprint density at radius 3 is 2.33 bits per heavy atom. The van der Waals surface area contributed by atoms with Crippen molar-refractivity contribution in [3.05, 3.63) is 52.5 Å². The molecule has 4 rings (SSSR count). The number of hydrogen-bond donors (Lipinski definition) is 1. The Kier molecular flexibility index (Phi) is 3.99. The number of nitrogens with two attached hydrogens (primary N) is 1. The van der Waals surface area contributed by atoms with Crippen LogP contribution in [0, 0.1) is 0 Å². The molecule has 0 spiro atoms. The third-order valence-electron chi connectivity index (χ3n) is 4.48. The van der Waals surface area contributed by atoms with Crippen LogP contribution in [-0.4, -0.2) is 18.1 Å². The van der Waals surface area contributed by atoms with Gasteiger partial charge in [-0.1, -0.05) is 29.3 Å². The Hall–Kier alpha value is -1.97. The molecule has 2 N–H and O–H groups in total. The lowest BCUT2D eigenvalue weighted by atomic mass is 10.0. The van der Waals surface area contributed by atoms with Gasteiger partial charge in [0, 0.05) is 39.8 Å². The highest BCUT2D eigenvalue weighted by Gasteiger charge is 2.14. The predicted molar refractivity (Wildman–Crippen MR) is 103 cm³/mol. The molecule has 2 heterocycles. The molecular formula is C19H17Cl2N3. The smallest absolute Gasteiger partial charge is 0.132 e. The first-order chi connectivity index (χ1) is 11.6. The van der Waals surface area contributed by atoms with Crippen LogP contribution in [0.2, 0.25) is 10.0 Å². The Balaban J connectivity index is 1.81.